The van der Waals surface area contributed by atoms with Crippen molar-refractivity contribution >= 4 is 17.4 Å². The Kier molecular flexibility index (Phi) is 5.94. The third kappa shape index (κ3) is 4.19. The Bertz CT molecular complexity index is 411. The minimum Gasteiger partial charge on any atom is -0.487 e. The zero-order chi connectivity index (χ0) is 13.5. The van der Waals surface area contributed by atoms with Gasteiger partial charge in [-0.25, -0.2) is 0 Å². The molecule has 0 fully saturated rings. The number of hydrogen-bond donors (Lipinski definition) is 1. The Morgan fingerprint density at radius 2 is 2.28 bits per heavy atom. The molecule has 0 bridgehead atoms. The number of rotatable bonds is 7. The molecule has 0 saturated carbocycles. The standard InChI is InChI=1S/C12H17NO4S/c1-3-17-12-8-10(18-9(2)6-7-14)4-5-11(12)13(15)16/h4-5,8-9,14H,3,6-7H2,1-2H3. The first-order valence-electron chi connectivity index (χ1n) is 5.77. The van der Waals surface area contributed by atoms with Crippen molar-refractivity contribution in [1.29, 1.82) is 0 Å². The third-order valence-electron chi connectivity index (χ3n) is 2.30. The largest absolute Gasteiger partial charge is 0.487 e. The Morgan fingerprint density at radius 1 is 1.56 bits per heavy atom. The number of hydrogen-bond acceptors (Lipinski definition) is 5. The van der Waals surface area contributed by atoms with E-state index in [1.807, 2.05) is 6.92 Å². The highest BCUT2D eigenvalue weighted by Crippen LogP contribution is 2.34. The predicted molar refractivity (Wildman–Crippen MR) is 71.3 cm³/mol. The number of ether oxygens (including phenoxy) is 1. The lowest BCUT2D eigenvalue weighted by Crippen LogP contribution is -2.00. The van der Waals surface area contributed by atoms with E-state index >= 15 is 0 Å². The maximum Gasteiger partial charge on any atom is 0.310 e. The van der Waals surface area contributed by atoms with Crippen LogP contribution in [0.2, 0.25) is 0 Å². The molecule has 0 amide bonds. The second-order valence-corrected chi connectivity index (χ2v) is 5.27. The summed E-state index contributed by atoms with van der Waals surface area (Å²) in [6, 6.07) is 4.85. The molecule has 100 valence electrons. The van der Waals surface area contributed by atoms with E-state index in [2.05, 4.69) is 0 Å². The van der Waals surface area contributed by atoms with E-state index in [0.717, 1.165) is 4.90 Å². The first kappa shape index (κ1) is 14.8. The monoisotopic (exact) mass is 271 g/mol. The maximum atomic E-state index is 10.8. The van der Waals surface area contributed by atoms with Gasteiger partial charge in [0, 0.05) is 28.9 Å². The molecule has 0 aliphatic heterocycles. The minimum atomic E-state index is -0.448. The first-order chi connectivity index (χ1) is 8.58. The van der Waals surface area contributed by atoms with E-state index in [1.54, 1.807) is 30.8 Å². The van der Waals surface area contributed by atoms with Crippen molar-refractivity contribution in [3.05, 3.63) is 28.3 Å². The molecular formula is C12H17NO4S. The second-order valence-electron chi connectivity index (χ2n) is 3.76. The number of aliphatic hydroxyl groups is 1. The van der Waals surface area contributed by atoms with Crippen molar-refractivity contribution in [3.8, 4) is 5.75 Å². The molecule has 18 heavy (non-hydrogen) atoms. The lowest BCUT2D eigenvalue weighted by molar-refractivity contribution is -0.385. The zero-order valence-corrected chi connectivity index (χ0v) is 11.3. The summed E-state index contributed by atoms with van der Waals surface area (Å²) in [5, 5.41) is 19.9. The van der Waals surface area contributed by atoms with Crippen LogP contribution in [0.5, 0.6) is 5.75 Å². The summed E-state index contributed by atoms with van der Waals surface area (Å²) in [6.07, 6.45) is 0.686. The lowest BCUT2D eigenvalue weighted by atomic mass is 10.3. The van der Waals surface area contributed by atoms with Gasteiger partial charge in [0.2, 0.25) is 0 Å². The van der Waals surface area contributed by atoms with Gasteiger partial charge in [-0.1, -0.05) is 6.92 Å². The summed E-state index contributed by atoms with van der Waals surface area (Å²) in [5.41, 5.74) is -0.0176. The molecule has 0 heterocycles. The van der Waals surface area contributed by atoms with E-state index in [-0.39, 0.29) is 17.5 Å². The summed E-state index contributed by atoms with van der Waals surface area (Å²) < 4.78 is 5.28. The van der Waals surface area contributed by atoms with E-state index in [1.165, 1.54) is 6.07 Å². The predicted octanol–water partition coefficient (Wildman–Crippen LogP) is 2.86. The second kappa shape index (κ2) is 7.23. The third-order valence-corrected chi connectivity index (χ3v) is 3.46. The molecule has 1 aromatic rings. The fraction of sp³-hybridized carbons (Fsp3) is 0.500. The molecule has 0 saturated heterocycles. The van der Waals surface area contributed by atoms with Gasteiger partial charge >= 0.3 is 5.69 Å². The van der Waals surface area contributed by atoms with Gasteiger partial charge in [0.25, 0.3) is 0 Å². The first-order valence-corrected chi connectivity index (χ1v) is 6.65. The van der Waals surface area contributed by atoms with Gasteiger partial charge in [-0.05, 0) is 19.4 Å². The fourth-order valence-electron chi connectivity index (χ4n) is 1.46. The summed E-state index contributed by atoms with van der Waals surface area (Å²) in [6.45, 7) is 4.32. The Hall–Kier alpha value is -1.27. The van der Waals surface area contributed by atoms with Gasteiger partial charge in [-0.2, -0.15) is 0 Å². The van der Waals surface area contributed by atoms with Gasteiger partial charge in [-0.3, -0.25) is 10.1 Å². The molecule has 5 nitrogen and oxygen atoms in total. The minimum absolute atomic E-state index is 0.0176. The number of nitro benzene ring substituents is 1. The van der Waals surface area contributed by atoms with Crippen molar-refractivity contribution in [2.45, 2.75) is 30.4 Å². The van der Waals surface area contributed by atoms with Gasteiger partial charge in [0.1, 0.15) is 0 Å². The molecule has 0 spiro atoms. The number of nitrogens with zero attached hydrogens (tertiary/aromatic N) is 1. The van der Waals surface area contributed by atoms with Crippen molar-refractivity contribution < 1.29 is 14.8 Å². The number of nitro groups is 1. The zero-order valence-electron chi connectivity index (χ0n) is 10.5. The molecule has 1 aromatic carbocycles. The summed E-state index contributed by atoms with van der Waals surface area (Å²) in [4.78, 5) is 11.3. The molecule has 6 heteroatoms. The van der Waals surface area contributed by atoms with E-state index in [9.17, 15) is 10.1 Å². The Morgan fingerprint density at radius 3 is 2.83 bits per heavy atom. The highest BCUT2D eigenvalue weighted by molar-refractivity contribution is 7.99. The Balaban J connectivity index is 2.88. The molecule has 1 N–H and O–H groups in total. The van der Waals surface area contributed by atoms with Gasteiger partial charge in [0.15, 0.2) is 5.75 Å². The number of aliphatic hydroxyl groups excluding tert-OH is 1. The molecule has 1 unspecified atom stereocenters. The van der Waals surface area contributed by atoms with Gasteiger partial charge in [-0.15, -0.1) is 11.8 Å². The van der Waals surface area contributed by atoms with Gasteiger partial charge in [0.05, 0.1) is 11.5 Å². The molecule has 0 aliphatic carbocycles. The Labute approximate surface area is 110 Å². The quantitative estimate of drug-likeness (QED) is 0.469. The van der Waals surface area contributed by atoms with Crippen molar-refractivity contribution in [3.63, 3.8) is 0 Å². The summed E-state index contributed by atoms with van der Waals surface area (Å²) >= 11 is 1.57. The molecular weight excluding hydrogens is 254 g/mol. The fourth-order valence-corrected chi connectivity index (χ4v) is 2.47. The normalized spacial score (nSPS) is 12.2. The SMILES string of the molecule is CCOc1cc(SC(C)CCO)ccc1[N+](=O)[O-]. The molecule has 0 aliphatic rings. The van der Waals surface area contributed by atoms with Crippen LogP contribution in [0.15, 0.2) is 23.1 Å². The van der Waals surface area contributed by atoms with E-state index in [0.29, 0.717) is 18.8 Å². The van der Waals surface area contributed by atoms with Crippen LogP contribution in [-0.2, 0) is 0 Å². The lowest BCUT2D eigenvalue weighted by Gasteiger charge is -2.11. The summed E-state index contributed by atoms with van der Waals surface area (Å²) in [7, 11) is 0. The van der Waals surface area contributed by atoms with Crippen LogP contribution in [0.3, 0.4) is 0 Å². The topological polar surface area (TPSA) is 72.6 Å². The average Bonchev–Trinajstić information content (AvgIpc) is 2.29. The van der Waals surface area contributed by atoms with Crippen molar-refractivity contribution in [1.82, 2.24) is 0 Å². The van der Waals surface area contributed by atoms with E-state index < -0.39 is 4.92 Å². The molecule has 1 atom stereocenters. The van der Waals surface area contributed by atoms with Crippen LogP contribution in [0.25, 0.3) is 0 Å². The highest BCUT2D eigenvalue weighted by atomic mass is 32.2. The van der Waals surface area contributed by atoms with Crippen LogP contribution >= 0.6 is 11.8 Å². The van der Waals surface area contributed by atoms with Crippen LogP contribution in [-0.4, -0.2) is 28.5 Å². The smallest absolute Gasteiger partial charge is 0.310 e. The van der Waals surface area contributed by atoms with Crippen molar-refractivity contribution in [2.75, 3.05) is 13.2 Å². The van der Waals surface area contributed by atoms with E-state index in [4.69, 9.17) is 9.84 Å². The van der Waals surface area contributed by atoms with Crippen LogP contribution < -0.4 is 4.74 Å². The van der Waals surface area contributed by atoms with Crippen LogP contribution in [0, 0.1) is 10.1 Å². The molecule has 1 rings (SSSR count). The summed E-state index contributed by atoms with van der Waals surface area (Å²) in [5.74, 6) is 0.295. The van der Waals surface area contributed by atoms with Crippen LogP contribution in [0.1, 0.15) is 20.3 Å². The highest BCUT2D eigenvalue weighted by Gasteiger charge is 2.16. The number of benzene rings is 1. The molecule has 0 aromatic heterocycles. The maximum absolute atomic E-state index is 10.8. The average molecular weight is 271 g/mol. The van der Waals surface area contributed by atoms with Gasteiger partial charge < -0.3 is 9.84 Å². The number of thioether (sulfide) groups is 1. The molecule has 0 radical (unpaired) electrons. The van der Waals surface area contributed by atoms with Crippen LogP contribution in [0.4, 0.5) is 5.69 Å². The van der Waals surface area contributed by atoms with Crippen molar-refractivity contribution in [2.24, 2.45) is 0 Å².